The van der Waals surface area contributed by atoms with Crippen LogP contribution in [0.4, 0.5) is 11.5 Å². The van der Waals surface area contributed by atoms with Gasteiger partial charge in [-0.1, -0.05) is 37.6 Å². The van der Waals surface area contributed by atoms with Gasteiger partial charge in [-0.15, -0.1) is 0 Å². The number of aryl methyl sites for hydroxylation is 1. The van der Waals surface area contributed by atoms with E-state index < -0.39 is 21.6 Å². The molecule has 1 N–H and O–H groups in total. The van der Waals surface area contributed by atoms with Crippen LogP contribution in [-0.4, -0.2) is 50.5 Å². The monoisotopic (exact) mass is 584 g/mol. The van der Waals surface area contributed by atoms with Crippen LogP contribution in [-0.2, 0) is 11.3 Å². The van der Waals surface area contributed by atoms with Gasteiger partial charge in [0.05, 0.1) is 36.6 Å². The smallest absolute Gasteiger partial charge is 0.396 e. The first-order valence-electron chi connectivity index (χ1n) is 12.9. The molecule has 218 valence electrons. The lowest BCUT2D eigenvalue weighted by Gasteiger charge is -2.10. The van der Waals surface area contributed by atoms with Gasteiger partial charge in [0.2, 0.25) is 11.7 Å². The molecular weight excluding hydrogens is 552 g/mol. The predicted molar refractivity (Wildman–Crippen MR) is 155 cm³/mol. The number of benzene rings is 2. The lowest BCUT2D eigenvalue weighted by Crippen LogP contribution is -2.21. The van der Waals surface area contributed by atoms with Crippen molar-refractivity contribution >= 4 is 34.9 Å². The number of carbonyl (C=O) groups is 1. The third kappa shape index (κ3) is 8.51. The van der Waals surface area contributed by atoms with Crippen molar-refractivity contribution < 1.29 is 24.1 Å². The van der Waals surface area contributed by atoms with Gasteiger partial charge in [0.1, 0.15) is 5.75 Å². The molecule has 41 heavy (non-hydrogen) atoms. The normalized spacial score (nSPS) is 11.3. The van der Waals surface area contributed by atoms with Crippen molar-refractivity contribution in [2.75, 3.05) is 19.5 Å². The maximum absolute atomic E-state index is 12.6. The molecule has 3 rings (SSSR count). The van der Waals surface area contributed by atoms with Crippen molar-refractivity contribution in [2.45, 2.75) is 51.6 Å². The Morgan fingerprint density at radius 2 is 1.85 bits per heavy atom. The highest BCUT2D eigenvalue weighted by molar-refractivity contribution is 8.00. The van der Waals surface area contributed by atoms with Crippen LogP contribution in [0.3, 0.4) is 0 Å². The maximum atomic E-state index is 12.6. The number of imidazole rings is 1. The molecule has 0 bridgehead atoms. The van der Waals surface area contributed by atoms with Crippen LogP contribution >= 0.6 is 11.8 Å². The highest BCUT2D eigenvalue weighted by Crippen LogP contribution is 2.32. The number of nitro groups is 2. The number of amides is 1. The van der Waals surface area contributed by atoms with Crippen LogP contribution in [0, 0.1) is 27.2 Å². The minimum absolute atomic E-state index is 0.0665. The lowest BCUT2D eigenvalue weighted by atomic mass is 10.1. The minimum atomic E-state index is -0.625. The van der Waals surface area contributed by atoms with Crippen molar-refractivity contribution in [2.24, 2.45) is 5.10 Å². The molecule has 0 aliphatic rings. The Morgan fingerprint density at radius 1 is 1.12 bits per heavy atom. The zero-order valence-corrected chi connectivity index (χ0v) is 24.1. The number of hydrogen-bond acceptors (Lipinski definition) is 10. The molecule has 0 saturated carbocycles. The van der Waals surface area contributed by atoms with E-state index in [9.17, 15) is 25.0 Å². The summed E-state index contributed by atoms with van der Waals surface area (Å²) in [6.07, 6.45) is 3.24. The van der Waals surface area contributed by atoms with Gasteiger partial charge in [-0.2, -0.15) is 5.10 Å². The zero-order chi connectivity index (χ0) is 29.9. The Morgan fingerprint density at radius 3 is 2.49 bits per heavy atom. The van der Waals surface area contributed by atoms with Crippen LogP contribution in [0.2, 0.25) is 0 Å². The summed E-state index contributed by atoms with van der Waals surface area (Å²) < 4.78 is 12.3. The van der Waals surface area contributed by atoms with Crippen molar-refractivity contribution in [1.29, 1.82) is 0 Å². The standard InChI is InChI=1S/C27H32N6O7S/c1-5-6-7-14-40-22-11-9-21(10-12-22)18(2)29-30-25(34)17-41-27-26(33(37)38)28-19(3)31(27)16-20-8-13-24(39-4)23(15-20)32(35)36/h8-13,15H,5-7,14,16-17H2,1-4H3,(H,30,34)/b29-18-. The predicted octanol–water partition coefficient (Wildman–Crippen LogP) is 5.27. The fraction of sp³-hybridized carbons (Fsp3) is 0.370. The lowest BCUT2D eigenvalue weighted by molar-refractivity contribution is -0.392. The third-order valence-electron chi connectivity index (χ3n) is 6.03. The number of methoxy groups -OCH3 is 1. The second kappa shape index (κ2) is 14.8. The Balaban J connectivity index is 1.68. The van der Waals surface area contributed by atoms with Gasteiger partial charge in [0, 0.05) is 13.0 Å². The Hall–Kier alpha value is -4.46. The van der Waals surface area contributed by atoms with Crippen LogP contribution in [0.15, 0.2) is 52.6 Å². The third-order valence-corrected chi connectivity index (χ3v) is 7.11. The largest absolute Gasteiger partial charge is 0.494 e. The van der Waals surface area contributed by atoms with E-state index in [4.69, 9.17) is 9.47 Å². The number of nitrogens with zero attached hydrogens (tertiary/aromatic N) is 5. The Labute approximate surface area is 241 Å². The van der Waals surface area contributed by atoms with Crippen molar-refractivity contribution in [3.05, 3.63) is 79.6 Å². The molecule has 1 aromatic heterocycles. The van der Waals surface area contributed by atoms with E-state index >= 15 is 0 Å². The molecule has 14 heteroatoms. The number of rotatable bonds is 15. The number of unbranched alkanes of at least 4 members (excludes halogenated alkanes) is 2. The highest BCUT2D eigenvalue weighted by atomic mass is 32.2. The molecule has 0 spiro atoms. The molecular formula is C27H32N6O7S. The van der Waals surface area contributed by atoms with Crippen LogP contribution in [0.5, 0.6) is 11.5 Å². The van der Waals surface area contributed by atoms with E-state index in [0.29, 0.717) is 23.7 Å². The summed E-state index contributed by atoms with van der Waals surface area (Å²) in [5.41, 5.74) is 4.14. The Bertz CT molecular complexity index is 1420. The van der Waals surface area contributed by atoms with Crippen molar-refractivity contribution in [1.82, 2.24) is 15.0 Å². The summed E-state index contributed by atoms with van der Waals surface area (Å²) in [5.74, 6) is 0.141. The number of thioether (sulfide) groups is 1. The van der Waals surface area contributed by atoms with Gasteiger partial charge in [0.25, 0.3) is 0 Å². The van der Waals surface area contributed by atoms with Gasteiger partial charge in [-0.25, -0.2) is 5.43 Å². The summed E-state index contributed by atoms with van der Waals surface area (Å²) in [7, 11) is 1.33. The molecule has 0 aliphatic carbocycles. The average molecular weight is 585 g/mol. The molecule has 13 nitrogen and oxygen atoms in total. The van der Waals surface area contributed by atoms with Gasteiger partial charge >= 0.3 is 11.5 Å². The number of aromatic nitrogens is 2. The van der Waals surface area contributed by atoms with Gasteiger partial charge < -0.3 is 19.6 Å². The molecule has 0 saturated heterocycles. The van der Waals surface area contributed by atoms with E-state index in [1.165, 1.54) is 19.2 Å². The summed E-state index contributed by atoms with van der Waals surface area (Å²) >= 11 is 0.931. The summed E-state index contributed by atoms with van der Waals surface area (Å²) in [6.45, 7) is 6.20. The molecule has 2 aromatic carbocycles. The topological polar surface area (TPSA) is 164 Å². The van der Waals surface area contributed by atoms with Crippen LogP contribution < -0.4 is 14.9 Å². The zero-order valence-electron chi connectivity index (χ0n) is 23.3. The van der Waals surface area contributed by atoms with Gasteiger partial charge in [0.15, 0.2) is 10.8 Å². The maximum Gasteiger partial charge on any atom is 0.396 e. The van der Waals surface area contributed by atoms with Gasteiger partial charge in [-0.05, 0) is 64.7 Å². The van der Waals surface area contributed by atoms with E-state index in [2.05, 4.69) is 22.4 Å². The molecule has 0 atom stereocenters. The molecule has 0 aliphatic heterocycles. The van der Waals surface area contributed by atoms with E-state index in [1.54, 1.807) is 24.5 Å². The van der Waals surface area contributed by atoms with E-state index in [1.807, 2.05) is 24.3 Å². The molecule has 3 aromatic rings. The molecule has 0 unspecified atom stereocenters. The number of carbonyl (C=O) groups excluding carboxylic acids is 1. The molecule has 1 heterocycles. The molecule has 1 amide bonds. The Kier molecular flexibility index (Phi) is 11.2. The fourth-order valence-corrected chi connectivity index (χ4v) is 4.78. The van der Waals surface area contributed by atoms with Crippen LogP contribution in [0.1, 0.15) is 50.1 Å². The molecule has 0 fully saturated rings. The van der Waals surface area contributed by atoms with E-state index in [-0.39, 0.29) is 28.8 Å². The minimum Gasteiger partial charge on any atom is -0.494 e. The average Bonchev–Trinajstić information content (AvgIpc) is 3.27. The quantitative estimate of drug-likeness (QED) is 0.0824. The number of ether oxygens (including phenoxy) is 2. The summed E-state index contributed by atoms with van der Waals surface area (Å²) in [4.78, 5) is 38.5. The first kappa shape index (κ1) is 31.1. The summed E-state index contributed by atoms with van der Waals surface area (Å²) in [6, 6.07) is 11.8. The summed E-state index contributed by atoms with van der Waals surface area (Å²) in [5, 5.41) is 27.4. The van der Waals surface area contributed by atoms with Gasteiger partial charge in [-0.3, -0.25) is 19.5 Å². The first-order valence-corrected chi connectivity index (χ1v) is 13.8. The SMILES string of the molecule is CCCCCOc1ccc(/C(C)=N\NC(=O)CSc2c([N+](=O)[O-])nc(C)n2Cc2ccc(OC)c([N+](=O)[O-])c2)cc1. The number of nitrogens with one attached hydrogen (secondary N) is 1. The number of hydrogen-bond donors (Lipinski definition) is 1. The van der Waals surface area contributed by atoms with Crippen molar-refractivity contribution in [3.63, 3.8) is 0 Å². The number of nitro benzene ring substituents is 1. The first-order chi connectivity index (χ1) is 19.6. The molecule has 0 radical (unpaired) electrons. The van der Waals surface area contributed by atoms with Crippen molar-refractivity contribution in [3.8, 4) is 11.5 Å². The number of hydrazone groups is 1. The van der Waals surface area contributed by atoms with Crippen LogP contribution in [0.25, 0.3) is 0 Å². The second-order valence-corrected chi connectivity index (χ2v) is 9.96. The highest BCUT2D eigenvalue weighted by Gasteiger charge is 2.27. The second-order valence-electron chi connectivity index (χ2n) is 9.00. The van der Waals surface area contributed by atoms with E-state index in [0.717, 1.165) is 42.3 Å². The fourth-order valence-electron chi connectivity index (χ4n) is 3.85.